The van der Waals surface area contributed by atoms with Gasteiger partial charge in [-0.3, -0.25) is 19.2 Å². The lowest BCUT2D eigenvalue weighted by molar-refractivity contribution is -0.155. The summed E-state index contributed by atoms with van der Waals surface area (Å²) < 4.78 is 0. The number of rotatable bonds is 9. The van der Waals surface area contributed by atoms with Gasteiger partial charge in [-0.05, 0) is 35.7 Å². The Kier molecular flexibility index (Phi) is 9.08. The van der Waals surface area contributed by atoms with Crippen molar-refractivity contribution in [2.24, 2.45) is 5.73 Å². The van der Waals surface area contributed by atoms with Crippen molar-refractivity contribution in [1.82, 2.24) is 20.0 Å². The molecule has 1 aliphatic rings. The van der Waals surface area contributed by atoms with E-state index < -0.39 is 17.6 Å². The number of piperazine rings is 1. The maximum Gasteiger partial charge on any atom is 0.246 e. The molecule has 1 aliphatic heterocycles. The molecule has 0 saturated carbocycles. The zero-order valence-corrected chi connectivity index (χ0v) is 24.2. The Labute approximate surface area is 241 Å². The van der Waals surface area contributed by atoms with Gasteiger partial charge in [-0.2, -0.15) is 0 Å². The van der Waals surface area contributed by atoms with Crippen molar-refractivity contribution in [3.63, 3.8) is 0 Å². The summed E-state index contributed by atoms with van der Waals surface area (Å²) in [4.78, 5) is 58.0. The van der Waals surface area contributed by atoms with E-state index in [2.05, 4.69) is 5.32 Å². The van der Waals surface area contributed by atoms with Crippen molar-refractivity contribution in [2.75, 3.05) is 33.7 Å². The van der Waals surface area contributed by atoms with Gasteiger partial charge in [0.2, 0.25) is 23.6 Å². The summed E-state index contributed by atoms with van der Waals surface area (Å²) in [5.74, 6) is -1.28. The normalized spacial score (nSPS) is 15.4. The van der Waals surface area contributed by atoms with Gasteiger partial charge in [0.05, 0.1) is 12.1 Å². The highest BCUT2D eigenvalue weighted by molar-refractivity contribution is 5.95. The SMILES string of the molecule is CNC(=O)[C@@H](Cc1ccccc1)N(C)C(=O)[C@@H](Cc1ccc2ccccc2c1)N1CCN(C(=O)C(C)(C)N)CC1=O. The molecule has 4 rings (SSSR count). The topological polar surface area (TPSA) is 116 Å². The Bertz CT molecular complexity index is 1420. The van der Waals surface area contributed by atoms with E-state index in [1.54, 1.807) is 32.8 Å². The van der Waals surface area contributed by atoms with Crippen LogP contribution in [-0.2, 0) is 32.0 Å². The molecule has 0 aliphatic carbocycles. The third-order valence-corrected chi connectivity index (χ3v) is 7.64. The first-order chi connectivity index (χ1) is 19.5. The number of nitrogens with two attached hydrogens (primary N) is 1. The van der Waals surface area contributed by atoms with Gasteiger partial charge in [0.1, 0.15) is 12.1 Å². The number of nitrogens with one attached hydrogen (secondary N) is 1. The molecule has 1 saturated heterocycles. The van der Waals surface area contributed by atoms with Gasteiger partial charge in [-0.1, -0.05) is 72.8 Å². The molecule has 1 fully saturated rings. The van der Waals surface area contributed by atoms with Crippen molar-refractivity contribution < 1.29 is 19.2 Å². The molecule has 1 heterocycles. The van der Waals surface area contributed by atoms with E-state index in [0.29, 0.717) is 6.42 Å². The number of amides is 4. The zero-order valence-electron chi connectivity index (χ0n) is 24.2. The first-order valence-corrected chi connectivity index (χ1v) is 13.9. The number of likely N-dealkylation sites (N-methyl/N-ethyl adjacent to an activating group) is 2. The van der Waals surface area contributed by atoms with Crippen LogP contribution in [0.4, 0.5) is 0 Å². The van der Waals surface area contributed by atoms with Gasteiger partial charge in [0.15, 0.2) is 0 Å². The Morgan fingerprint density at radius 2 is 1.59 bits per heavy atom. The Morgan fingerprint density at radius 3 is 2.22 bits per heavy atom. The summed E-state index contributed by atoms with van der Waals surface area (Å²) in [5, 5.41) is 4.79. The first kappa shape index (κ1) is 29.7. The minimum Gasteiger partial charge on any atom is -0.357 e. The summed E-state index contributed by atoms with van der Waals surface area (Å²) in [6.07, 6.45) is 0.592. The highest BCUT2D eigenvalue weighted by Crippen LogP contribution is 2.22. The Morgan fingerprint density at radius 1 is 0.927 bits per heavy atom. The van der Waals surface area contributed by atoms with Crippen LogP contribution in [0.15, 0.2) is 72.8 Å². The molecule has 9 heteroatoms. The molecule has 0 unspecified atom stereocenters. The van der Waals surface area contributed by atoms with Crippen molar-refractivity contribution in [1.29, 1.82) is 0 Å². The lowest BCUT2D eigenvalue weighted by Gasteiger charge is -2.41. The number of benzene rings is 3. The number of fused-ring (bicyclic) bond motifs is 1. The summed E-state index contributed by atoms with van der Waals surface area (Å²) in [5.41, 5.74) is 6.71. The van der Waals surface area contributed by atoms with Crippen LogP contribution in [0.25, 0.3) is 10.8 Å². The number of nitrogens with zero attached hydrogens (tertiary/aromatic N) is 3. The van der Waals surface area contributed by atoms with Gasteiger partial charge in [-0.15, -0.1) is 0 Å². The quantitative estimate of drug-likeness (QED) is 0.418. The summed E-state index contributed by atoms with van der Waals surface area (Å²) >= 11 is 0. The second-order valence-electron chi connectivity index (χ2n) is 11.2. The van der Waals surface area contributed by atoms with Crippen LogP contribution in [0.2, 0.25) is 0 Å². The average molecular weight is 558 g/mol. The van der Waals surface area contributed by atoms with Gasteiger partial charge in [-0.25, -0.2) is 0 Å². The molecular formula is C32H39N5O4. The van der Waals surface area contributed by atoms with Crippen LogP contribution in [0.5, 0.6) is 0 Å². The molecule has 216 valence electrons. The van der Waals surface area contributed by atoms with Crippen molar-refractivity contribution in [3.8, 4) is 0 Å². The predicted molar refractivity (Wildman–Crippen MR) is 159 cm³/mol. The van der Waals surface area contributed by atoms with Crippen LogP contribution in [0, 0.1) is 0 Å². The molecule has 41 heavy (non-hydrogen) atoms. The van der Waals surface area contributed by atoms with E-state index in [0.717, 1.165) is 21.9 Å². The number of carbonyl (C=O) groups excluding carboxylic acids is 4. The molecule has 3 N–H and O–H groups in total. The molecule has 4 amide bonds. The van der Waals surface area contributed by atoms with Crippen LogP contribution >= 0.6 is 0 Å². The van der Waals surface area contributed by atoms with Crippen LogP contribution in [0.3, 0.4) is 0 Å². The molecule has 3 aromatic rings. The van der Waals surface area contributed by atoms with Crippen LogP contribution < -0.4 is 11.1 Å². The fourth-order valence-corrected chi connectivity index (χ4v) is 5.31. The molecular weight excluding hydrogens is 518 g/mol. The van der Waals surface area contributed by atoms with Gasteiger partial charge in [0.25, 0.3) is 0 Å². The molecule has 0 aromatic heterocycles. The molecule has 9 nitrogen and oxygen atoms in total. The third-order valence-electron chi connectivity index (χ3n) is 7.64. The average Bonchev–Trinajstić information content (AvgIpc) is 2.97. The van der Waals surface area contributed by atoms with Gasteiger partial charge < -0.3 is 25.8 Å². The summed E-state index contributed by atoms with van der Waals surface area (Å²) in [6.45, 7) is 3.51. The van der Waals surface area contributed by atoms with E-state index in [4.69, 9.17) is 5.73 Å². The predicted octanol–water partition coefficient (Wildman–Crippen LogP) is 1.97. The maximum atomic E-state index is 14.2. The second-order valence-corrected chi connectivity index (χ2v) is 11.2. The lowest BCUT2D eigenvalue weighted by Crippen LogP contribution is -2.63. The summed E-state index contributed by atoms with van der Waals surface area (Å²) in [6, 6.07) is 21.8. The fraction of sp³-hybridized carbons (Fsp3) is 0.375. The molecule has 0 bridgehead atoms. The minimum absolute atomic E-state index is 0.159. The summed E-state index contributed by atoms with van der Waals surface area (Å²) in [7, 11) is 3.16. The van der Waals surface area contributed by atoms with Gasteiger partial charge in [0, 0.05) is 40.0 Å². The van der Waals surface area contributed by atoms with Crippen molar-refractivity contribution >= 4 is 34.4 Å². The number of carbonyl (C=O) groups is 4. The van der Waals surface area contributed by atoms with E-state index in [9.17, 15) is 19.2 Å². The standard InChI is InChI=1S/C32H39N5O4/c1-32(2,33)31(41)36-16-17-37(28(38)21-36)27(20-23-14-15-24-12-8-9-13-25(24)18-23)30(40)35(4)26(29(39)34-3)19-22-10-6-5-7-11-22/h5-15,18,26-27H,16-17,19-21,33H2,1-4H3,(H,34,39)/t26-,27-/m1/s1. The van der Waals surface area contributed by atoms with E-state index >= 15 is 0 Å². The fourth-order valence-electron chi connectivity index (χ4n) is 5.31. The van der Waals surface area contributed by atoms with Crippen LogP contribution in [-0.4, -0.2) is 89.7 Å². The van der Waals surface area contributed by atoms with Crippen molar-refractivity contribution in [2.45, 2.75) is 44.3 Å². The second kappa shape index (κ2) is 12.5. The van der Waals surface area contributed by atoms with Crippen molar-refractivity contribution in [3.05, 3.63) is 83.9 Å². The zero-order chi connectivity index (χ0) is 29.7. The largest absolute Gasteiger partial charge is 0.357 e. The molecule has 0 spiro atoms. The third kappa shape index (κ3) is 6.92. The molecule has 2 atom stereocenters. The highest BCUT2D eigenvalue weighted by Gasteiger charge is 2.40. The monoisotopic (exact) mass is 557 g/mol. The van der Waals surface area contributed by atoms with E-state index in [1.807, 2.05) is 72.8 Å². The maximum absolute atomic E-state index is 14.2. The minimum atomic E-state index is -1.11. The number of hydrogen-bond acceptors (Lipinski definition) is 5. The Balaban J connectivity index is 1.65. The number of hydrogen-bond donors (Lipinski definition) is 2. The lowest BCUT2D eigenvalue weighted by atomic mass is 9.97. The van der Waals surface area contributed by atoms with Gasteiger partial charge >= 0.3 is 0 Å². The Hall–Kier alpha value is -4.24. The molecule has 3 aromatic carbocycles. The first-order valence-electron chi connectivity index (χ1n) is 13.9. The highest BCUT2D eigenvalue weighted by atomic mass is 16.2. The van der Waals surface area contributed by atoms with E-state index in [1.165, 1.54) is 9.80 Å². The molecule has 0 radical (unpaired) electrons. The van der Waals surface area contributed by atoms with E-state index in [-0.39, 0.29) is 49.7 Å². The van der Waals surface area contributed by atoms with Crippen LogP contribution in [0.1, 0.15) is 25.0 Å². The smallest absolute Gasteiger partial charge is 0.246 e.